The van der Waals surface area contributed by atoms with Crippen molar-refractivity contribution in [3.8, 4) is 0 Å². The molecule has 0 aromatic rings. The van der Waals surface area contributed by atoms with E-state index < -0.39 is 291 Å². The van der Waals surface area contributed by atoms with Crippen LogP contribution in [0.15, 0.2) is 0 Å². The number of carboxylic acids is 1. The van der Waals surface area contributed by atoms with Gasteiger partial charge in [-0.2, -0.15) is 11.8 Å². The third-order valence-corrected chi connectivity index (χ3v) is 28.5. The molecule has 20 amide bonds. The molecular weight excluding hydrogens is 1800 g/mol. The van der Waals surface area contributed by atoms with Crippen LogP contribution < -0.4 is 47.9 Å². The number of carbonyl (C=O) groups is 21. The first-order chi connectivity index (χ1) is 64.4. The minimum atomic E-state index is -1.39. The number of nitrogens with one attached hydrogen (secondary N) is 9. The van der Waals surface area contributed by atoms with Crippen molar-refractivity contribution >= 4 is 136 Å². The minimum absolute atomic E-state index is 0.0106. The highest BCUT2D eigenvalue weighted by molar-refractivity contribution is 7.98. The van der Waals surface area contributed by atoms with Crippen molar-refractivity contribution in [3.63, 3.8) is 0 Å². The lowest BCUT2D eigenvalue weighted by atomic mass is 10.1. The van der Waals surface area contributed by atoms with Crippen LogP contribution in [0.4, 0.5) is 0 Å². The number of aliphatic hydroxyl groups is 7. The first-order valence-electron chi connectivity index (χ1n) is 46.4. The normalized spacial score (nSPS) is 30.1. The van der Waals surface area contributed by atoms with E-state index in [4.69, 9.17) is 5.11 Å². The molecule has 13 fully saturated rings. The molecule has 13 saturated heterocycles. The summed E-state index contributed by atoms with van der Waals surface area (Å²) in [5.41, 5.74) is 0. The Morgan fingerprint density at radius 1 is 0.289 bits per heavy atom. The third-order valence-electron chi connectivity index (χ3n) is 27.9. The fourth-order valence-electron chi connectivity index (χ4n) is 21.2. The summed E-state index contributed by atoms with van der Waals surface area (Å²) in [5, 5.41) is 107. The highest BCUT2D eigenvalue weighted by atomic mass is 32.2. The molecular formula is C84H123N21O29S. The number of amides is 20. The van der Waals surface area contributed by atoms with Gasteiger partial charge in [0.05, 0.1) is 88.0 Å². The molecule has 51 heteroatoms. The molecule has 135 heavy (non-hydrogen) atoms. The van der Waals surface area contributed by atoms with Crippen molar-refractivity contribution in [2.24, 2.45) is 0 Å². The molecule has 0 aromatic carbocycles. The van der Waals surface area contributed by atoms with Crippen LogP contribution in [0.3, 0.4) is 0 Å². The number of carboxylic acid groups (broad SMARTS) is 1. The highest BCUT2D eigenvalue weighted by Crippen LogP contribution is 2.34. The number of aliphatic hydroxyl groups excluding tert-OH is 7. The maximum atomic E-state index is 14.5. The fourth-order valence-corrected chi connectivity index (χ4v) is 21.7. The quantitative estimate of drug-likeness (QED) is 0.0297. The van der Waals surface area contributed by atoms with E-state index in [0.29, 0.717) is 51.5 Å². The smallest absolute Gasteiger partial charge is 0.322 e. The van der Waals surface area contributed by atoms with Gasteiger partial charge in [0, 0.05) is 124 Å². The van der Waals surface area contributed by atoms with E-state index in [2.05, 4.69) is 47.9 Å². The van der Waals surface area contributed by atoms with Gasteiger partial charge in [-0.25, -0.2) is 0 Å². The van der Waals surface area contributed by atoms with Crippen LogP contribution in [-0.4, -0.2) is 494 Å². The number of thioether (sulfide) groups is 1. The van der Waals surface area contributed by atoms with Crippen LogP contribution in [0.25, 0.3) is 0 Å². The second kappa shape index (κ2) is 44.8. The minimum Gasteiger partial charge on any atom is -0.480 e. The van der Waals surface area contributed by atoms with Gasteiger partial charge < -0.3 is 148 Å². The molecule has 0 bridgehead atoms. The summed E-state index contributed by atoms with van der Waals surface area (Å²) in [4.78, 5) is 303. The monoisotopic (exact) mass is 1920 g/mol. The Kier molecular flexibility index (Phi) is 33.6. The molecule has 744 valence electrons. The topological polar surface area (TPSA) is 667 Å². The lowest BCUT2D eigenvalue weighted by Gasteiger charge is -2.32. The van der Waals surface area contributed by atoms with E-state index in [1.165, 1.54) is 41.2 Å². The Morgan fingerprint density at radius 2 is 0.526 bits per heavy atom. The second-order valence-electron chi connectivity index (χ2n) is 37.0. The maximum absolute atomic E-state index is 14.5. The third kappa shape index (κ3) is 23.4. The van der Waals surface area contributed by atoms with E-state index in [0.717, 1.165) is 29.4 Å². The van der Waals surface area contributed by atoms with Gasteiger partial charge in [0.25, 0.3) is 0 Å². The molecule has 13 heterocycles. The molecule has 17 N–H and O–H groups in total. The Morgan fingerprint density at radius 3 is 0.770 bits per heavy atom. The van der Waals surface area contributed by atoms with Crippen LogP contribution in [0.1, 0.15) is 128 Å². The van der Waals surface area contributed by atoms with Crippen LogP contribution in [0, 0.1) is 0 Å². The molecule has 13 rings (SSSR count). The van der Waals surface area contributed by atoms with Gasteiger partial charge in [0.15, 0.2) is 0 Å². The average Bonchev–Trinajstić information content (AvgIpc) is 1.65. The zero-order valence-electron chi connectivity index (χ0n) is 75.0. The lowest BCUT2D eigenvalue weighted by Crippen LogP contribution is -2.57. The summed E-state index contributed by atoms with van der Waals surface area (Å²) in [5.74, 6) is -15.6. The largest absolute Gasteiger partial charge is 0.480 e. The summed E-state index contributed by atoms with van der Waals surface area (Å²) in [7, 11) is 0. The molecule has 21 atom stereocenters. The van der Waals surface area contributed by atoms with Crippen molar-refractivity contribution in [3.05, 3.63) is 0 Å². The second-order valence-corrected chi connectivity index (χ2v) is 37.9. The SMILES string of the molecule is CSCC[C@H](NC(=O)[C@@H]1C[C@@H](O)CN1C(=O)CNC(=O)[C@@H]1CCCN1C(=O)[C@@H]1C[C@@H](O)CN1C(=O)CNC(=O)[C@@H]1CCCN1C(=O)[C@@H]1C[C@@H](O)CN1C(=O)CNC(=O)[C@@H]1CCCN1C(=O)[C@@H]1C[C@@H](O)CN1C(=O)CNC(=O)[C@@H]1CCCN1C(=O)[C@@H]1C[C@@H](O)CN1)C(=O)NCC(=O)N1C[C@H](O)C[C@H]1C(=O)N1CCC[C@H]1C(=O)NCC(=O)N1C[C@H](O)C[C@H]1C(=O)N1CCC[C@H]1C(=O)NCC(=O)O. The number of likely N-dealkylation sites (tertiary alicyclic amines) is 12. The van der Waals surface area contributed by atoms with Crippen molar-refractivity contribution in [1.82, 2.24) is 107 Å². The van der Waals surface area contributed by atoms with Gasteiger partial charge in [0.1, 0.15) is 85.1 Å². The van der Waals surface area contributed by atoms with Gasteiger partial charge in [-0.1, -0.05) is 0 Å². The molecule has 0 unspecified atom stereocenters. The Balaban J connectivity index is 0.538. The van der Waals surface area contributed by atoms with Crippen molar-refractivity contribution in [1.29, 1.82) is 0 Å². The number of hydrogen-bond acceptors (Lipinski definition) is 30. The zero-order chi connectivity index (χ0) is 97.2. The predicted molar refractivity (Wildman–Crippen MR) is 461 cm³/mol. The van der Waals surface area contributed by atoms with E-state index in [1.54, 1.807) is 6.26 Å². The predicted octanol–water partition coefficient (Wildman–Crippen LogP) is -13.4. The summed E-state index contributed by atoms with van der Waals surface area (Å²) in [6, 6.07) is -16.3. The number of aliphatic carboxylic acids is 1. The first kappa shape index (κ1) is 101. The van der Waals surface area contributed by atoms with E-state index >= 15 is 0 Å². The molecule has 0 saturated carbocycles. The molecule has 50 nitrogen and oxygen atoms in total. The number of nitrogens with zero attached hydrogens (tertiary/aromatic N) is 12. The number of β-amino-alcohol motifs (C(OH)–C–C–N with tert-alkyl or cyclic N) is 7. The number of rotatable bonds is 32. The first-order valence-corrected chi connectivity index (χ1v) is 47.8. The summed E-state index contributed by atoms with van der Waals surface area (Å²) >= 11 is 1.31. The molecule has 0 aliphatic carbocycles. The molecule has 0 aromatic heterocycles. The summed E-state index contributed by atoms with van der Waals surface area (Å²) < 4.78 is 0. The van der Waals surface area contributed by atoms with Gasteiger partial charge in [0.2, 0.25) is 118 Å². The van der Waals surface area contributed by atoms with Gasteiger partial charge in [-0.3, -0.25) is 101 Å². The average molecular weight is 1920 g/mol. The number of carbonyl (C=O) groups excluding carboxylic acids is 20. The standard InChI is InChI=1S/C84H123N21O29S/c1-135-21-14-50(71(121)86-30-65(114)101-38-45(108)24-59(101)80(130)96-17-4-10-54(96)74(124)91-35-69(118)105-42-49(112)28-63(105)84(134)99-20-7-13-57(99)77(127)92-36-70(119)120)93-78(128)58-23-44(107)37-100(58)64(113)31-87-73(123)53-9-3-16-95(53)81(131)61-26-47(110)40-103(61)67(116)33-89-76(126)56-12-6-19-98(56)83(133)62-27-48(111)41-104(62)68(117)34-90-75(125)55-11-5-18-97(55)82(132)60-25-46(109)39-102(60)66(115)32-88-72(122)52-8-2-15-94(52)79(129)51-22-43(106)29-85-51/h43-63,85,106-112H,2-42H2,1H3,(H,86,121)(H,87,123)(H,88,122)(H,89,126)(H,90,125)(H,91,124)(H,92,127)(H,93,128)(H,119,120)/t43-,44-,45-,46-,47-,48-,49-,50+,51+,52+,53+,54+,55+,56+,57+,58+,59+,60+,61+,62+,63+/m1/s1. The van der Waals surface area contributed by atoms with Crippen molar-refractivity contribution in [2.75, 3.05) is 143 Å². The molecule has 13 aliphatic rings. The van der Waals surface area contributed by atoms with E-state index in [1.807, 2.05) is 0 Å². The van der Waals surface area contributed by atoms with Crippen LogP contribution >= 0.6 is 11.8 Å². The van der Waals surface area contributed by atoms with Crippen LogP contribution in [0.2, 0.25) is 0 Å². The summed E-state index contributed by atoms with van der Waals surface area (Å²) in [6.07, 6.45) is -4.00. The summed E-state index contributed by atoms with van der Waals surface area (Å²) in [6.45, 7) is -5.86. The Labute approximate surface area is 779 Å². The molecule has 13 aliphatic heterocycles. The van der Waals surface area contributed by atoms with E-state index in [-0.39, 0.29) is 174 Å². The van der Waals surface area contributed by atoms with Crippen LogP contribution in [-0.2, 0) is 101 Å². The van der Waals surface area contributed by atoms with Gasteiger partial charge >= 0.3 is 5.97 Å². The van der Waals surface area contributed by atoms with Crippen LogP contribution in [0.5, 0.6) is 0 Å². The Hall–Kier alpha value is -11.1. The highest BCUT2D eigenvalue weighted by Gasteiger charge is 2.54. The fraction of sp³-hybridized carbons (Fsp3) is 0.750. The number of hydrogen-bond donors (Lipinski definition) is 17. The lowest BCUT2D eigenvalue weighted by molar-refractivity contribution is -0.148. The molecule has 0 radical (unpaired) electrons. The van der Waals surface area contributed by atoms with Gasteiger partial charge in [-0.15, -0.1) is 0 Å². The van der Waals surface area contributed by atoms with Crippen molar-refractivity contribution in [2.45, 2.75) is 256 Å². The van der Waals surface area contributed by atoms with E-state index in [9.17, 15) is 136 Å². The zero-order valence-corrected chi connectivity index (χ0v) is 75.9. The van der Waals surface area contributed by atoms with Gasteiger partial charge in [-0.05, 0) is 102 Å². The maximum Gasteiger partial charge on any atom is 0.322 e. The Bertz CT molecular complexity index is 4580. The molecule has 0 spiro atoms. The van der Waals surface area contributed by atoms with Crippen molar-refractivity contribution < 1.29 is 142 Å².